The van der Waals surface area contributed by atoms with Crippen LogP contribution >= 0.6 is 0 Å². The topological polar surface area (TPSA) is 94.1 Å². The zero-order chi connectivity index (χ0) is 22.1. The van der Waals surface area contributed by atoms with E-state index in [0.717, 1.165) is 48.6 Å². The van der Waals surface area contributed by atoms with Crippen LogP contribution in [-0.2, 0) is 0 Å². The van der Waals surface area contributed by atoms with Gasteiger partial charge in [-0.1, -0.05) is 19.3 Å². The number of likely N-dealkylation sites (tertiary alicyclic amines) is 1. The van der Waals surface area contributed by atoms with E-state index in [1.54, 1.807) is 24.3 Å². The molecule has 7 heteroatoms. The number of aromatic nitrogens is 3. The maximum Gasteiger partial charge on any atom is 0.252 e. The summed E-state index contributed by atoms with van der Waals surface area (Å²) in [6, 6.07) is 9.61. The quantitative estimate of drug-likeness (QED) is 0.574. The van der Waals surface area contributed by atoms with E-state index in [9.17, 15) is 9.90 Å². The summed E-state index contributed by atoms with van der Waals surface area (Å²) in [5.41, 5.74) is 3.48. The number of aromatic hydroxyl groups is 1. The van der Waals surface area contributed by atoms with Crippen LogP contribution in [0, 0.1) is 6.92 Å². The number of H-pyrrole nitrogens is 1. The molecule has 2 fully saturated rings. The van der Waals surface area contributed by atoms with E-state index in [-0.39, 0.29) is 17.7 Å². The molecule has 1 saturated carbocycles. The highest BCUT2D eigenvalue weighted by atomic mass is 16.3. The Bertz CT molecular complexity index is 1090. The molecule has 1 saturated heterocycles. The van der Waals surface area contributed by atoms with Crippen molar-refractivity contribution in [2.45, 2.75) is 64.0 Å². The fourth-order valence-electron chi connectivity index (χ4n) is 5.26. The van der Waals surface area contributed by atoms with Gasteiger partial charge in [0.1, 0.15) is 5.75 Å². The molecule has 2 aliphatic rings. The van der Waals surface area contributed by atoms with E-state index in [4.69, 9.17) is 0 Å². The number of nitrogens with zero attached hydrogens (tertiary/aromatic N) is 3. The second kappa shape index (κ2) is 8.90. The normalized spacial score (nSPS) is 18.8. The number of phenolic OH excluding ortho intramolecular Hbond substituents is 1. The summed E-state index contributed by atoms with van der Waals surface area (Å²) < 4.78 is 0. The Balaban J connectivity index is 1.34. The summed E-state index contributed by atoms with van der Waals surface area (Å²) in [5.74, 6) is 0.128. The number of rotatable bonds is 4. The first-order chi connectivity index (χ1) is 15.6. The van der Waals surface area contributed by atoms with Gasteiger partial charge in [-0.25, -0.2) is 4.98 Å². The minimum atomic E-state index is -0.0713. The minimum Gasteiger partial charge on any atom is -0.508 e. The summed E-state index contributed by atoms with van der Waals surface area (Å²) in [4.78, 5) is 20.7. The highest BCUT2D eigenvalue weighted by Crippen LogP contribution is 2.28. The summed E-state index contributed by atoms with van der Waals surface area (Å²) in [6.45, 7) is 4.01. The number of pyridine rings is 1. The van der Waals surface area contributed by atoms with Crippen molar-refractivity contribution in [3.8, 4) is 17.0 Å². The SMILES string of the molecule is Cc1n[nH]c2nc(-c3ccc(O)cc3)cc(C(=O)NC3CCN(C4CCCCC4)CC3)c12. The standard InChI is InChI=1S/C25H31N5O2/c1-16-23-21(15-22(27-24(23)29-28-16)17-7-9-20(31)10-8-17)25(32)26-18-11-13-30(14-12-18)19-5-3-2-4-6-19/h7-10,15,18-19,31H,2-6,11-14H2,1H3,(H,26,32)(H,27,28,29). The van der Waals surface area contributed by atoms with Crippen molar-refractivity contribution in [3.05, 3.63) is 41.6 Å². The second-order valence-corrected chi connectivity index (χ2v) is 9.21. The van der Waals surface area contributed by atoms with Crippen LogP contribution in [0.1, 0.15) is 61.0 Å². The van der Waals surface area contributed by atoms with Crippen molar-refractivity contribution >= 4 is 16.9 Å². The smallest absolute Gasteiger partial charge is 0.252 e. The molecule has 1 amide bonds. The van der Waals surface area contributed by atoms with E-state index in [2.05, 4.69) is 25.4 Å². The molecule has 0 spiro atoms. The molecule has 3 heterocycles. The minimum absolute atomic E-state index is 0.0713. The molecule has 0 bridgehead atoms. The number of hydrogen-bond donors (Lipinski definition) is 3. The van der Waals surface area contributed by atoms with Gasteiger partial charge in [0.2, 0.25) is 0 Å². The van der Waals surface area contributed by atoms with Crippen LogP contribution in [0.15, 0.2) is 30.3 Å². The largest absolute Gasteiger partial charge is 0.508 e. The number of phenols is 1. The van der Waals surface area contributed by atoms with Crippen LogP contribution in [0.2, 0.25) is 0 Å². The third-order valence-corrected chi connectivity index (χ3v) is 7.07. The Morgan fingerprint density at radius 2 is 1.81 bits per heavy atom. The maximum atomic E-state index is 13.4. The fraction of sp³-hybridized carbons (Fsp3) is 0.480. The molecular weight excluding hydrogens is 402 g/mol. The van der Waals surface area contributed by atoms with Crippen molar-refractivity contribution < 1.29 is 9.90 Å². The van der Waals surface area contributed by atoms with Gasteiger partial charge < -0.3 is 15.3 Å². The van der Waals surface area contributed by atoms with E-state index < -0.39 is 0 Å². The van der Waals surface area contributed by atoms with Gasteiger partial charge in [0.15, 0.2) is 5.65 Å². The Kier molecular flexibility index (Phi) is 5.83. The molecule has 32 heavy (non-hydrogen) atoms. The number of aryl methyl sites for hydroxylation is 1. The molecule has 168 valence electrons. The summed E-state index contributed by atoms with van der Waals surface area (Å²) in [7, 11) is 0. The second-order valence-electron chi connectivity index (χ2n) is 9.21. The number of carbonyl (C=O) groups excluding carboxylic acids is 1. The number of aromatic amines is 1. The molecule has 0 radical (unpaired) electrons. The number of benzene rings is 1. The van der Waals surface area contributed by atoms with Gasteiger partial charge in [-0.15, -0.1) is 0 Å². The number of carbonyl (C=O) groups is 1. The van der Waals surface area contributed by atoms with Gasteiger partial charge >= 0.3 is 0 Å². The molecule has 3 N–H and O–H groups in total. The first-order valence-corrected chi connectivity index (χ1v) is 11.8. The van der Waals surface area contributed by atoms with E-state index in [0.29, 0.717) is 16.9 Å². The third kappa shape index (κ3) is 4.21. The van der Waals surface area contributed by atoms with E-state index in [1.807, 2.05) is 13.0 Å². The molecular formula is C25H31N5O2. The van der Waals surface area contributed by atoms with Crippen LogP contribution in [0.4, 0.5) is 0 Å². The Labute approximate surface area is 188 Å². The summed E-state index contributed by atoms with van der Waals surface area (Å²) in [5, 5.41) is 20.9. The number of piperidine rings is 1. The molecule has 0 unspecified atom stereocenters. The lowest BCUT2D eigenvalue weighted by Crippen LogP contribution is -2.48. The molecule has 5 rings (SSSR count). The van der Waals surface area contributed by atoms with Crippen molar-refractivity contribution in [3.63, 3.8) is 0 Å². The molecule has 7 nitrogen and oxygen atoms in total. The number of hydrogen-bond acceptors (Lipinski definition) is 5. The van der Waals surface area contributed by atoms with Gasteiger partial charge in [0, 0.05) is 30.7 Å². The lowest BCUT2D eigenvalue weighted by Gasteiger charge is -2.39. The Hall–Kier alpha value is -2.93. The Morgan fingerprint density at radius 1 is 1.09 bits per heavy atom. The monoisotopic (exact) mass is 433 g/mol. The predicted molar refractivity (Wildman–Crippen MR) is 125 cm³/mol. The predicted octanol–water partition coefficient (Wildman–Crippen LogP) is 4.17. The van der Waals surface area contributed by atoms with Gasteiger partial charge in [-0.05, 0) is 62.9 Å². The van der Waals surface area contributed by atoms with E-state index >= 15 is 0 Å². The first kappa shape index (κ1) is 20.9. The molecule has 1 aliphatic heterocycles. The zero-order valence-corrected chi connectivity index (χ0v) is 18.6. The highest BCUT2D eigenvalue weighted by Gasteiger charge is 2.28. The van der Waals surface area contributed by atoms with E-state index in [1.165, 1.54) is 32.1 Å². The fourth-order valence-corrected chi connectivity index (χ4v) is 5.26. The maximum absolute atomic E-state index is 13.4. The van der Waals surface area contributed by atoms with Crippen molar-refractivity contribution in [1.29, 1.82) is 0 Å². The number of amides is 1. The first-order valence-electron chi connectivity index (χ1n) is 11.8. The van der Waals surface area contributed by atoms with Gasteiger partial charge in [0.05, 0.1) is 22.3 Å². The zero-order valence-electron chi connectivity index (χ0n) is 18.6. The number of nitrogens with one attached hydrogen (secondary N) is 2. The molecule has 3 aromatic rings. The number of fused-ring (bicyclic) bond motifs is 1. The van der Waals surface area contributed by atoms with Crippen LogP contribution < -0.4 is 5.32 Å². The van der Waals surface area contributed by atoms with Crippen molar-refractivity contribution in [2.75, 3.05) is 13.1 Å². The van der Waals surface area contributed by atoms with Gasteiger partial charge in [-0.2, -0.15) is 5.10 Å². The molecule has 1 aromatic carbocycles. The average Bonchev–Trinajstić information content (AvgIpc) is 3.20. The lowest BCUT2D eigenvalue weighted by atomic mass is 9.92. The van der Waals surface area contributed by atoms with Crippen molar-refractivity contribution in [1.82, 2.24) is 25.4 Å². The molecule has 1 aliphatic carbocycles. The van der Waals surface area contributed by atoms with Gasteiger partial charge in [-0.3, -0.25) is 9.89 Å². The summed E-state index contributed by atoms with van der Waals surface area (Å²) in [6.07, 6.45) is 8.72. The van der Waals surface area contributed by atoms with Crippen LogP contribution in [0.5, 0.6) is 5.75 Å². The molecule has 2 aromatic heterocycles. The average molecular weight is 434 g/mol. The van der Waals surface area contributed by atoms with Crippen molar-refractivity contribution in [2.24, 2.45) is 0 Å². The van der Waals surface area contributed by atoms with Crippen LogP contribution in [0.25, 0.3) is 22.3 Å². The van der Waals surface area contributed by atoms with Crippen LogP contribution in [-0.4, -0.2) is 56.3 Å². The Morgan fingerprint density at radius 3 is 2.53 bits per heavy atom. The third-order valence-electron chi connectivity index (χ3n) is 7.07. The molecule has 0 atom stereocenters. The van der Waals surface area contributed by atoms with Crippen LogP contribution in [0.3, 0.4) is 0 Å². The summed E-state index contributed by atoms with van der Waals surface area (Å²) >= 11 is 0. The lowest BCUT2D eigenvalue weighted by molar-refractivity contribution is 0.0866. The highest BCUT2D eigenvalue weighted by molar-refractivity contribution is 6.07. The van der Waals surface area contributed by atoms with Gasteiger partial charge in [0.25, 0.3) is 5.91 Å².